The second kappa shape index (κ2) is 11.5. The number of carbonyl (C=O) groups is 1. The van der Waals surface area contributed by atoms with E-state index in [0.717, 1.165) is 29.0 Å². The Labute approximate surface area is 217 Å². The fraction of sp³-hybridized carbons (Fsp3) is 0.450. The number of aromatic nitrogens is 2. The highest BCUT2D eigenvalue weighted by Gasteiger charge is 2.55. The molecule has 2 heterocycles. The molecule has 0 radical (unpaired) electrons. The lowest BCUT2D eigenvalue weighted by atomic mass is 10.2. The van der Waals surface area contributed by atoms with Gasteiger partial charge >= 0.3 is 19.4 Å². The molecule has 12 nitrogen and oxygen atoms in total. The van der Waals surface area contributed by atoms with Crippen molar-refractivity contribution in [2.75, 3.05) is 13.2 Å². The molecular weight excluding hydrogens is 592 g/mol. The van der Waals surface area contributed by atoms with Gasteiger partial charge in [-0.1, -0.05) is 27.5 Å². The standard InChI is InChI=1S/C20H23BrClFN3O9P/c1-3-32-17(29)11(2)25-36(31,35-13-6-4-12(23)5-7-13)33-10-14-16(28)20(21,22)18(34-14)26-9-8-15(27)24-19(26)30/h4-9,11,14,16,18,28H,3,10H2,1-2H3,(H,25,31)(H,24,27,30)/t11-,14+,16+,18+,20-,36-/m0/s1. The number of halogens is 3. The molecule has 1 aromatic carbocycles. The van der Waals surface area contributed by atoms with Crippen molar-refractivity contribution in [3.05, 3.63) is 63.2 Å². The molecule has 0 unspecified atom stereocenters. The topological polar surface area (TPSA) is 158 Å². The van der Waals surface area contributed by atoms with E-state index in [4.69, 9.17) is 30.1 Å². The second-order valence-corrected chi connectivity index (χ2v) is 11.7. The molecule has 0 spiro atoms. The Kier molecular flexibility index (Phi) is 9.15. The molecule has 6 atom stereocenters. The van der Waals surface area contributed by atoms with Crippen LogP contribution in [0.15, 0.2) is 46.1 Å². The smallest absolute Gasteiger partial charge is 0.459 e. The summed E-state index contributed by atoms with van der Waals surface area (Å²) in [5.41, 5.74) is -1.49. The van der Waals surface area contributed by atoms with Crippen LogP contribution in [0.1, 0.15) is 20.1 Å². The van der Waals surface area contributed by atoms with Gasteiger partial charge in [-0.15, -0.1) is 0 Å². The molecule has 2 aromatic rings. The Morgan fingerprint density at radius 1 is 1.39 bits per heavy atom. The van der Waals surface area contributed by atoms with Crippen LogP contribution in [0.5, 0.6) is 5.75 Å². The highest BCUT2D eigenvalue weighted by atomic mass is 79.9. The van der Waals surface area contributed by atoms with Crippen molar-refractivity contribution in [3.8, 4) is 5.75 Å². The molecule has 1 fully saturated rings. The summed E-state index contributed by atoms with van der Waals surface area (Å²) in [6, 6.07) is 4.45. The minimum absolute atomic E-state index is 0.0407. The molecule has 3 rings (SSSR count). The van der Waals surface area contributed by atoms with Crippen LogP contribution >= 0.6 is 35.3 Å². The van der Waals surface area contributed by atoms with E-state index < -0.39 is 65.7 Å². The molecule has 1 saturated heterocycles. The maximum Gasteiger partial charge on any atom is 0.459 e. The molecule has 0 aliphatic carbocycles. The predicted molar refractivity (Wildman–Crippen MR) is 129 cm³/mol. The molecule has 0 bridgehead atoms. The molecule has 3 N–H and O–H groups in total. The quantitative estimate of drug-likeness (QED) is 0.205. The molecule has 36 heavy (non-hydrogen) atoms. The number of nitrogens with one attached hydrogen (secondary N) is 2. The van der Waals surface area contributed by atoms with Gasteiger partial charge in [0.2, 0.25) is 0 Å². The van der Waals surface area contributed by atoms with Crippen LogP contribution < -0.4 is 20.9 Å². The van der Waals surface area contributed by atoms with Gasteiger partial charge in [-0.05, 0) is 38.1 Å². The van der Waals surface area contributed by atoms with Crippen molar-refractivity contribution in [2.24, 2.45) is 0 Å². The Balaban J connectivity index is 1.81. The third kappa shape index (κ3) is 6.62. The summed E-state index contributed by atoms with van der Waals surface area (Å²) in [6.07, 6.45) is -2.94. The van der Waals surface area contributed by atoms with Gasteiger partial charge in [0, 0.05) is 12.3 Å². The van der Waals surface area contributed by atoms with Gasteiger partial charge in [-0.25, -0.2) is 13.8 Å². The molecule has 0 saturated carbocycles. The van der Waals surface area contributed by atoms with Crippen LogP contribution in [-0.4, -0.2) is 55.9 Å². The van der Waals surface area contributed by atoms with Gasteiger partial charge in [0.25, 0.3) is 5.56 Å². The van der Waals surface area contributed by atoms with E-state index in [1.807, 2.05) is 4.98 Å². The van der Waals surface area contributed by atoms with Crippen LogP contribution in [0.3, 0.4) is 0 Å². The van der Waals surface area contributed by atoms with E-state index in [9.17, 15) is 28.4 Å². The van der Waals surface area contributed by atoms with E-state index in [1.165, 1.54) is 19.1 Å². The number of H-pyrrole nitrogens is 1. The van der Waals surface area contributed by atoms with E-state index >= 15 is 0 Å². The third-order valence-corrected chi connectivity index (χ3v) is 7.84. The van der Waals surface area contributed by atoms with Crippen LogP contribution in [-0.2, 0) is 23.4 Å². The fourth-order valence-electron chi connectivity index (χ4n) is 3.17. The number of hydrogen-bond donors (Lipinski definition) is 3. The number of benzene rings is 1. The Hall–Kier alpha value is -2.06. The minimum atomic E-state index is -4.36. The van der Waals surface area contributed by atoms with Crippen molar-refractivity contribution in [2.45, 2.75) is 42.1 Å². The minimum Gasteiger partial charge on any atom is -0.465 e. The summed E-state index contributed by atoms with van der Waals surface area (Å²) >= 11 is 9.53. The largest absolute Gasteiger partial charge is 0.465 e. The zero-order chi connectivity index (χ0) is 26.7. The second-order valence-electron chi connectivity index (χ2n) is 7.60. The number of nitrogens with zero attached hydrogens (tertiary/aromatic N) is 1. The maximum absolute atomic E-state index is 13.5. The summed E-state index contributed by atoms with van der Waals surface area (Å²) < 4.78 is 47.5. The number of aliphatic hydroxyl groups is 1. The summed E-state index contributed by atoms with van der Waals surface area (Å²) in [5, 5.41) is 13.1. The summed E-state index contributed by atoms with van der Waals surface area (Å²) in [4.78, 5) is 37.7. The molecule has 1 aliphatic heterocycles. The number of hydrogen-bond acceptors (Lipinski definition) is 9. The number of ether oxygens (including phenoxy) is 2. The zero-order valence-corrected chi connectivity index (χ0v) is 22.2. The van der Waals surface area contributed by atoms with Crippen molar-refractivity contribution >= 4 is 41.2 Å². The zero-order valence-electron chi connectivity index (χ0n) is 18.9. The normalized spacial score (nSPS) is 26.2. The van der Waals surface area contributed by atoms with Gasteiger partial charge in [0.05, 0.1) is 13.2 Å². The van der Waals surface area contributed by atoms with Crippen LogP contribution in [0, 0.1) is 5.82 Å². The van der Waals surface area contributed by atoms with Crippen molar-refractivity contribution < 1.29 is 37.4 Å². The van der Waals surface area contributed by atoms with Gasteiger partial charge in [-0.2, -0.15) is 5.09 Å². The SMILES string of the molecule is CCOC(=O)[C@H](C)N[P@](=O)(OC[C@H]1O[C@@H](n2ccc(=O)[nH]c2=O)[C@](Cl)(Br)[C@@H]1O)Oc1ccc(F)cc1. The van der Waals surface area contributed by atoms with Gasteiger partial charge < -0.3 is 19.1 Å². The first-order valence-electron chi connectivity index (χ1n) is 10.5. The molecule has 16 heteroatoms. The Morgan fingerprint density at radius 2 is 2.06 bits per heavy atom. The van der Waals surface area contributed by atoms with Gasteiger partial charge in [0.1, 0.15) is 29.8 Å². The predicted octanol–water partition coefficient (Wildman–Crippen LogP) is 2.01. The van der Waals surface area contributed by atoms with Crippen molar-refractivity contribution in [1.82, 2.24) is 14.6 Å². The lowest BCUT2D eigenvalue weighted by molar-refractivity contribution is -0.144. The average molecular weight is 615 g/mol. The Morgan fingerprint density at radius 3 is 2.67 bits per heavy atom. The van der Waals surface area contributed by atoms with E-state index in [-0.39, 0.29) is 12.4 Å². The van der Waals surface area contributed by atoms with Crippen LogP contribution in [0.4, 0.5) is 4.39 Å². The van der Waals surface area contributed by atoms with Crippen LogP contribution in [0.25, 0.3) is 0 Å². The summed E-state index contributed by atoms with van der Waals surface area (Å²) in [5.74, 6) is -1.34. The van der Waals surface area contributed by atoms with Gasteiger partial charge in [-0.3, -0.25) is 23.7 Å². The van der Waals surface area contributed by atoms with Gasteiger partial charge in [0.15, 0.2) is 10.0 Å². The number of aliphatic hydroxyl groups excluding tert-OH is 1. The lowest BCUT2D eigenvalue weighted by Crippen LogP contribution is -2.41. The number of carbonyl (C=O) groups excluding carboxylic acids is 1. The summed E-state index contributed by atoms with van der Waals surface area (Å²) in [6.45, 7) is 2.45. The van der Waals surface area contributed by atoms with Crippen molar-refractivity contribution in [1.29, 1.82) is 0 Å². The highest BCUT2D eigenvalue weighted by Crippen LogP contribution is 2.50. The maximum atomic E-state index is 13.5. The van der Waals surface area contributed by atoms with E-state index in [1.54, 1.807) is 6.92 Å². The Bertz CT molecular complexity index is 1240. The first-order valence-corrected chi connectivity index (χ1v) is 13.2. The molecule has 0 amide bonds. The highest BCUT2D eigenvalue weighted by molar-refractivity contribution is 9.10. The molecule has 198 valence electrons. The average Bonchev–Trinajstić information content (AvgIpc) is 3.03. The molecular formula is C20H23BrClFN3O9P. The first-order chi connectivity index (χ1) is 16.9. The fourth-order valence-corrected chi connectivity index (χ4v) is 5.59. The molecule has 1 aliphatic rings. The monoisotopic (exact) mass is 613 g/mol. The number of aromatic amines is 1. The van der Waals surface area contributed by atoms with E-state index in [2.05, 4.69) is 21.0 Å². The number of rotatable bonds is 10. The van der Waals surface area contributed by atoms with E-state index in [0.29, 0.717) is 0 Å². The van der Waals surface area contributed by atoms with Crippen LogP contribution in [0.2, 0.25) is 0 Å². The third-order valence-electron chi connectivity index (χ3n) is 4.92. The summed E-state index contributed by atoms with van der Waals surface area (Å²) in [7, 11) is -4.36. The lowest BCUT2D eigenvalue weighted by Gasteiger charge is -2.25. The first kappa shape index (κ1) is 28.5. The number of esters is 1. The molecule has 1 aromatic heterocycles. The number of alkyl halides is 2. The van der Waals surface area contributed by atoms with Crippen molar-refractivity contribution in [3.63, 3.8) is 0 Å².